The minimum Gasteiger partial charge on any atom is -0.449 e. The molecule has 1 unspecified atom stereocenters. The Morgan fingerprint density at radius 3 is 3.04 bits per heavy atom. The van der Waals surface area contributed by atoms with E-state index in [-0.39, 0.29) is 36.7 Å². The number of aromatic nitrogens is 1. The topological polar surface area (TPSA) is 101 Å². The normalized spacial score (nSPS) is 28.4. The molecular formula is C14H13N3O5S. The van der Waals surface area contributed by atoms with Gasteiger partial charge in [-0.15, -0.1) is 11.8 Å². The standard InChI is InChI=1S/C14H13N3O5S/c18-12-9-10-11(21-6-16-9)8(13(17(10)12)22-14(19)20)5-23-7-1-3-15-4-2-7/h1-4,9-11,16H,5-6H2,(H,19,20)/t9-,10-,11?/m0/s1. The molecule has 0 bridgehead atoms. The molecule has 1 aromatic heterocycles. The maximum absolute atomic E-state index is 12.2. The molecule has 0 radical (unpaired) electrons. The lowest BCUT2D eigenvalue weighted by Gasteiger charge is -2.47. The number of nitrogens with one attached hydrogen (secondary N) is 1. The van der Waals surface area contributed by atoms with Crippen LogP contribution in [0.3, 0.4) is 0 Å². The summed E-state index contributed by atoms with van der Waals surface area (Å²) in [5.41, 5.74) is 0.691. The van der Waals surface area contributed by atoms with Crippen LogP contribution in [0.25, 0.3) is 0 Å². The monoisotopic (exact) mass is 335 g/mol. The molecular weight excluding hydrogens is 322 g/mol. The van der Waals surface area contributed by atoms with Gasteiger partial charge in [-0.25, -0.2) is 4.79 Å². The maximum Gasteiger partial charge on any atom is 0.512 e. The Morgan fingerprint density at radius 2 is 2.30 bits per heavy atom. The van der Waals surface area contributed by atoms with Crippen molar-refractivity contribution in [2.24, 2.45) is 0 Å². The molecule has 23 heavy (non-hydrogen) atoms. The lowest BCUT2D eigenvalue weighted by molar-refractivity contribution is -0.164. The van der Waals surface area contributed by atoms with Crippen LogP contribution in [0.4, 0.5) is 4.79 Å². The van der Waals surface area contributed by atoms with E-state index in [1.165, 1.54) is 16.7 Å². The van der Waals surface area contributed by atoms with Crippen molar-refractivity contribution in [3.63, 3.8) is 0 Å². The van der Waals surface area contributed by atoms with Gasteiger partial charge < -0.3 is 14.6 Å². The van der Waals surface area contributed by atoms with Crippen LogP contribution >= 0.6 is 11.8 Å². The predicted molar refractivity (Wildman–Crippen MR) is 78.4 cm³/mol. The van der Waals surface area contributed by atoms with Crippen molar-refractivity contribution in [2.45, 2.75) is 23.1 Å². The van der Waals surface area contributed by atoms with Gasteiger partial charge in [-0.3, -0.25) is 20.0 Å². The molecule has 4 heterocycles. The summed E-state index contributed by atoms with van der Waals surface area (Å²) in [6, 6.07) is 3.18. The van der Waals surface area contributed by atoms with Crippen LogP contribution in [0.5, 0.6) is 0 Å². The fourth-order valence-electron chi connectivity index (χ4n) is 3.11. The number of rotatable bonds is 4. The quantitative estimate of drug-likeness (QED) is 0.469. The van der Waals surface area contributed by atoms with Crippen LogP contribution in [0.15, 0.2) is 40.9 Å². The first-order valence-corrected chi connectivity index (χ1v) is 8.00. The summed E-state index contributed by atoms with van der Waals surface area (Å²) in [7, 11) is 0. The SMILES string of the molecule is O=C(O)OC1=C(CSc2ccncc2)C2OCN[C@@H]3C(=O)N1[C@H]23. The highest BCUT2D eigenvalue weighted by Gasteiger charge is 2.62. The molecule has 1 aromatic rings. The highest BCUT2D eigenvalue weighted by Crippen LogP contribution is 2.44. The molecule has 0 aliphatic carbocycles. The number of hydrogen-bond acceptors (Lipinski definition) is 7. The zero-order chi connectivity index (χ0) is 16.0. The van der Waals surface area contributed by atoms with Gasteiger partial charge in [0.25, 0.3) is 0 Å². The summed E-state index contributed by atoms with van der Waals surface area (Å²) >= 11 is 1.52. The van der Waals surface area contributed by atoms with Crippen LogP contribution in [0.1, 0.15) is 0 Å². The van der Waals surface area contributed by atoms with Crippen LogP contribution in [0, 0.1) is 0 Å². The van der Waals surface area contributed by atoms with Crippen molar-refractivity contribution in [1.29, 1.82) is 0 Å². The molecule has 2 fully saturated rings. The van der Waals surface area contributed by atoms with Gasteiger partial charge in [0.2, 0.25) is 11.8 Å². The molecule has 4 rings (SSSR count). The summed E-state index contributed by atoms with van der Waals surface area (Å²) in [5.74, 6) is 0.395. The number of hydrogen-bond donors (Lipinski definition) is 2. The van der Waals surface area contributed by atoms with E-state index in [9.17, 15) is 9.59 Å². The van der Waals surface area contributed by atoms with Crippen LogP contribution < -0.4 is 5.32 Å². The third-order valence-corrected chi connectivity index (χ3v) is 5.15. The van der Waals surface area contributed by atoms with Gasteiger partial charge in [-0.05, 0) is 12.1 Å². The molecule has 2 N–H and O–H groups in total. The van der Waals surface area contributed by atoms with Crippen LogP contribution in [-0.2, 0) is 14.3 Å². The van der Waals surface area contributed by atoms with Gasteiger partial charge in [0.05, 0.1) is 12.8 Å². The van der Waals surface area contributed by atoms with E-state index in [1.54, 1.807) is 12.4 Å². The third kappa shape index (κ3) is 2.28. The van der Waals surface area contributed by atoms with Gasteiger partial charge in [-0.2, -0.15) is 0 Å². The second kappa shape index (κ2) is 5.52. The molecule has 3 aliphatic heterocycles. The first-order chi connectivity index (χ1) is 11.2. The summed E-state index contributed by atoms with van der Waals surface area (Å²) in [4.78, 5) is 29.5. The zero-order valence-electron chi connectivity index (χ0n) is 11.8. The summed E-state index contributed by atoms with van der Waals surface area (Å²) in [6.45, 7) is 0.259. The molecule has 2 saturated heterocycles. The number of pyridine rings is 1. The van der Waals surface area contributed by atoms with Gasteiger partial charge in [0, 0.05) is 28.6 Å². The number of carbonyl (C=O) groups is 2. The molecule has 3 atom stereocenters. The van der Waals surface area contributed by atoms with E-state index < -0.39 is 6.16 Å². The van der Waals surface area contributed by atoms with Crippen molar-refractivity contribution in [1.82, 2.24) is 15.2 Å². The maximum atomic E-state index is 12.2. The first kappa shape index (κ1) is 14.5. The Labute approximate surface area is 135 Å². The van der Waals surface area contributed by atoms with E-state index >= 15 is 0 Å². The Balaban J connectivity index is 1.62. The average Bonchev–Trinajstić information content (AvgIpc) is 2.84. The smallest absolute Gasteiger partial charge is 0.449 e. The lowest BCUT2D eigenvalue weighted by atomic mass is 9.91. The number of carbonyl (C=O) groups excluding carboxylic acids is 1. The highest BCUT2D eigenvalue weighted by atomic mass is 32.2. The Bertz CT molecular complexity index is 695. The third-order valence-electron chi connectivity index (χ3n) is 4.08. The fourth-order valence-corrected chi connectivity index (χ4v) is 4.03. The Kier molecular flexibility index (Phi) is 3.47. The van der Waals surface area contributed by atoms with Gasteiger partial charge in [-0.1, -0.05) is 0 Å². The van der Waals surface area contributed by atoms with Gasteiger partial charge >= 0.3 is 6.16 Å². The number of nitrogens with zero attached hydrogens (tertiary/aromatic N) is 2. The molecule has 0 spiro atoms. The van der Waals surface area contributed by atoms with Crippen molar-refractivity contribution >= 4 is 23.8 Å². The highest BCUT2D eigenvalue weighted by molar-refractivity contribution is 7.99. The van der Waals surface area contributed by atoms with E-state index in [1.807, 2.05) is 12.1 Å². The fraction of sp³-hybridized carbons (Fsp3) is 0.357. The first-order valence-electron chi connectivity index (χ1n) is 7.01. The minimum absolute atomic E-state index is 0.0963. The molecule has 0 saturated carbocycles. The predicted octanol–water partition coefficient (Wildman–Crippen LogP) is 0.619. The molecule has 9 heteroatoms. The minimum atomic E-state index is -1.44. The molecule has 0 aromatic carbocycles. The van der Waals surface area contributed by atoms with Gasteiger partial charge in [0.1, 0.15) is 12.1 Å². The Hall–Kier alpha value is -2.10. The number of β-lactam (4-membered cyclic amide) rings is 1. The largest absolute Gasteiger partial charge is 0.512 e. The lowest BCUT2D eigenvalue weighted by Crippen LogP contribution is -2.73. The summed E-state index contributed by atoms with van der Waals surface area (Å²) in [5, 5.41) is 11.9. The van der Waals surface area contributed by atoms with Crippen molar-refractivity contribution < 1.29 is 24.2 Å². The second-order valence-electron chi connectivity index (χ2n) is 5.28. The van der Waals surface area contributed by atoms with E-state index in [0.29, 0.717) is 11.3 Å². The summed E-state index contributed by atoms with van der Waals surface area (Å²) < 4.78 is 10.6. The molecule has 8 nitrogen and oxygen atoms in total. The van der Waals surface area contributed by atoms with Crippen LogP contribution in [-0.4, -0.2) is 57.7 Å². The number of carboxylic acid groups (broad SMARTS) is 1. The second-order valence-corrected chi connectivity index (χ2v) is 6.33. The zero-order valence-corrected chi connectivity index (χ0v) is 12.7. The van der Waals surface area contributed by atoms with E-state index in [2.05, 4.69) is 10.3 Å². The van der Waals surface area contributed by atoms with E-state index in [0.717, 1.165) is 4.90 Å². The number of amides is 1. The van der Waals surface area contributed by atoms with Crippen molar-refractivity contribution in [3.8, 4) is 0 Å². The Morgan fingerprint density at radius 1 is 1.52 bits per heavy atom. The number of thioether (sulfide) groups is 1. The molecule has 1 amide bonds. The summed E-state index contributed by atoms with van der Waals surface area (Å²) in [6.07, 6.45) is 1.61. The van der Waals surface area contributed by atoms with Crippen molar-refractivity contribution in [3.05, 3.63) is 36.0 Å². The van der Waals surface area contributed by atoms with Gasteiger partial charge in [0.15, 0.2) is 0 Å². The molecule has 120 valence electrons. The molecule has 3 aliphatic rings. The van der Waals surface area contributed by atoms with Crippen LogP contribution in [0.2, 0.25) is 0 Å². The van der Waals surface area contributed by atoms with Crippen molar-refractivity contribution in [2.75, 3.05) is 12.5 Å². The number of ether oxygens (including phenoxy) is 2. The van der Waals surface area contributed by atoms with E-state index in [4.69, 9.17) is 14.6 Å². The average molecular weight is 335 g/mol.